The summed E-state index contributed by atoms with van der Waals surface area (Å²) >= 11 is 0. The summed E-state index contributed by atoms with van der Waals surface area (Å²) in [4.78, 5) is 40.2. The number of aliphatic hydroxyl groups excluding tert-OH is 1. The predicted molar refractivity (Wildman–Crippen MR) is 154 cm³/mol. The van der Waals surface area contributed by atoms with Crippen LogP contribution in [-0.2, 0) is 30.2 Å². The summed E-state index contributed by atoms with van der Waals surface area (Å²) in [5.74, 6) is -3.67. The number of carbonyl (C=O) groups excluding carboxylic acids is 3. The van der Waals surface area contributed by atoms with E-state index in [0.29, 0.717) is 6.61 Å². The third-order valence-corrected chi connectivity index (χ3v) is 9.22. The highest BCUT2D eigenvalue weighted by Crippen LogP contribution is 2.52. The Morgan fingerprint density at radius 3 is 2.49 bits per heavy atom. The van der Waals surface area contributed by atoms with Gasteiger partial charge in [-0.1, -0.05) is 12.1 Å². The lowest BCUT2D eigenvalue weighted by Crippen LogP contribution is -2.55. The van der Waals surface area contributed by atoms with E-state index in [0.717, 1.165) is 19.3 Å². The molecule has 6 N–H and O–H groups in total. The molecule has 0 saturated carbocycles. The summed E-state index contributed by atoms with van der Waals surface area (Å²) in [6.45, 7) is 1.35. The minimum absolute atomic E-state index is 0.0409. The van der Waals surface area contributed by atoms with Crippen molar-refractivity contribution in [1.29, 1.82) is 0 Å². The fraction of sp³-hybridized carbons (Fsp3) is 0.531. The molecule has 13 nitrogen and oxygen atoms in total. The molecule has 0 aromatic heterocycles. The van der Waals surface area contributed by atoms with Crippen molar-refractivity contribution in [2.45, 2.75) is 88.0 Å². The summed E-state index contributed by atoms with van der Waals surface area (Å²) in [7, 11) is 1.34. The maximum atomic E-state index is 13.8. The van der Waals surface area contributed by atoms with E-state index in [1.165, 1.54) is 25.3 Å². The molecule has 2 fully saturated rings. The van der Waals surface area contributed by atoms with Crippen LogP contribution in [0.4, 0.5) is 0 Å². The molecule has 2 heterocycles. The number of hydrogen-bond donors (Lipinski definition) is 5. The minimum Gasteiger partial charge on any atom is -0.507 e. The second-order valence-electron chi connectivity index (χ2n) is 12.1. The SMILES string of the molecule is COc1cccc2c1C(=O)c1c(O)c3c(c(O)c1C2=O)C[C@@](O)(C(=O)CO)C[C@@H]3OC1CC(N)C(OC2CCCCO2)C(C)O1. The maximum absolute atomic E-state index is 13.8. The van der Waals surface area contributed by atoms with Gasteiger partial charge in [-0.3, -0.25) is 14.4 Å². The number of phenols is 2. The molecule has 45 heavy (non-hydrogen) atoms. The standard InChI is InChI=1S/C32H37NO12/c1-14-31(45-21-8-3-4-9-42-21)17(33)10-22(43-14)44-19-12-32(40,20(35)13-34)11-16-24(19)30(39)26-25(28(16)37)27(36)15-6-5-7-18(41-2)23(15)29(26)38/h5-7,14,17,19,21-22,31,34,37,39-40H,3-4,8-13,33H2,1-2H3/t14?,17?,19-,21?,22?,31?,32-/m0/s1. The fourth-order valence-electron chi connectivity index (χ4n) is 6.95. The molecule has 4 aliphatic rings. The van der Waals surface area contributed by atoms with Crippen LogP contribution < -0.4 is 10.5 Å². The zero-order valence-corrected chi connectivity index (χ0v) is 25.0. The van der Waals surface area contributed by atoms with Gasteiger partial charge in [0.15, 0.2) is 24.1 Å². The Bertz CT molecular complexity index is 1520. The maximum Gasteiger partial charge on any atom is 0.202 e. The van der Waals surface area contributed by atoms with Gasteiger partial charge in [-0.05, 0) is 32.3 Å². The van der Waals surface area contributed by atoms with Crippen molar-refractivity contribution in [2.75, 3.05) is 20.3 Å². The van der Waals surface area contributed by atoms with E-state index in [4.69, 9.17) is 29.4 Å². The van der Waals surface area contributed by atoms with Gasteiger partial charge in [-0.15, -0.1) is 0 Å². The van der Waals surface area contributed by atoms with E-state index < -0.39 is 102 Å². The highest BCUT2D eigenvalue weighted by Gasteiger charge is 2.50. The number of aliphatic hydroxyl groups is 2. The first-order valence-corrected chi connectivity index (χ1v) is 15.1. The molecule has 0 radical (unpaired) electrons. The molecule has 5 unspecified atom stereocenters. The van der Waals surface area contributed by atoms with E-state index in [-0.39, 0.29) is 34.4 Å². The normalized spacial score (nSPS) is 31.1. The molecule has 0 amide bonds. The fourth-order valence-corrected chi connectivity index (χ4v) is 6.95. The van der Waals surface area contributed by atoms with Crippen molar-refractivity contribution < 1.29 is 58.5 Å². The molecule has 0 bridgehead atoms. The second kappa shape index (κ2) is 12.1. The first-order chi connectivity index (χ1) is 21.5. The zero-order valence-electron chi connectivity index (χ0n) is 25.0. The Hall–Kier alpha value is -3.43. The molecule has 2 aliphatic carbocycles. The predicted octanol–water partition coefficient (Wildman–Crippen LogP) is 1.55. The number of fused-ring (bicyclic) bond motifs is 3. The van der Waals surface area contributed by atoms with Crippen LogP contribution in [0.15, 0.2) is 18.2 Å². The highest BCUT2D eigenvalue weighted by atomic mass is 16.7. The van der Waals surface area contributed by atoms with Crippen LogP contribution >= 0.6 is 0 Å². The Labute approximate surface area is 258 Å². The average molecular weight is 628 g/mol. The molecule has 13 heteroatoms. The average Bonchev–Trinajstić information content (AvgIpc) is 3.02. The number of methoxy groups -OCH3 is 1. The summed E-state index contributed by atoms with van der Waals surface area (Å²) in [6, 6.07) is 3.86. The largest absolute Gasteiger partial charge is 0.507 e. The Balaban J connectivity index is 1.38. The van der Waals surface area contributed by atoms with E-state index in [1.807, 2.05) is 0 Å². The summed E-state index contributed by atoms with van der Waals surface area (Å²) in [6.07, 6.45) is -2.03. The van der Waals surface area contributed by atoms with Crippen molar-refractivity contribution >= 4 is 17.3 Å². The molecule has 2 aromatic rings. The van der Waals surface area contributed by atoms with Gasteiger partial charge in [0.25, 0.3) is 0 Å². The van der Waals surface area contributed by atoms with Crippen LogP contribution in [0.5, 0.6) is 17.2 Å². The van der Waals surface area contributed by atoms with E-state index in [2.05, 4.69) is 0 Å². The van der Waals surface area contributed by atoms with Crippen LogP contribution in [0.1, 0.15) is 88.1 Å². The van der Waals surface area contributed by atoms with Crippen molar-refractivity contribution in [3.8, 4) is 17.2 Å². The van der Waals surface area contributed by atoms with Gasteiger partial charge < -0.3 is 49.8 Å². The number of Topliss-reactive ketones (excluding diaryl/α,β-unsaturated/α-hetero) is 1. The topological polar surface area (TPSA) is 204 Å². The van der Waals surface area contributed by atoms with Gasteiger partial charge in [-0.2, -0.15) is 0 Å². The molecular formula is C32H37NO12. The lowest BCUT2D eigenvalue weighted by molar-refractivity contribution is -0.281. The van der Waals surface area contributed by atoms with Gasteiger partial charge >= 0.3 is 0 Å². The van der Waals surface area contributed by atoms with Crippen molar-refractivity contribution in [3.63, 3.8) is 0 Å². The third kappa shape index (κ3) is 5.31. The van der Waals surface area contributed by atoms with E-state index in [9.17, 15) is 34.8 Å². The molecule has 6 rings (SSSR count). The Morgan fingerprint density at radius 1 is 1.07 bits per heavy atom. The Kier molecular flexibility index (Phi) is 8.46. The van der Waals surface area contributed by atoms with Gasteiger partial charge in [0.2, 0.25) is 5.78 Å². The van der Waals surface area contributed by atoms with Crippen molar-refractivity contribution in [3.05, 3.63) is 51.6 Å². The van der Waals surface area contributed by atoms with Crippen LogP contribution in [0, 0.1) is 0 Å². The van der Waals surface area contributed by atoms with Crippen LogP contribution in [0.3, 0.4) is 0 Å². The van der Waals surface area contributed by atoms with Crippen LogP contribution in [0.2, 0.25) is 0 Å². The zero-order chi connectivity index (χ0) is 32.2. The molecule has 7 atom stereocenters. The number of phenolic OH excluding ortho intramolecular Hbond substituents is 2. The van der Waals surface area contributed by atoms with Crippen LogP contribution in [-0.4, -0.2) is 94.5 Å². The highest BCUT2D eigenvalue weighted by molar-refractivity contribution is 6.31. The Morgan fingerprint density at radius 2 is 1.82 bits per heavy atom. The molecular weight excluding hydrogens is 590 g/mol. The smallest absolute Gasteiger partial charge is 0.202 e. The van der Waals surface area contributed by atoms with Gasteiger partial charge in [-0.25, -0.2) is 0 Å². The van der Waals surface area contributed by atoms with Crippen molar-refractivity contribution in [2.24, 2.45) is 5.73 Å². The molecule has 2 saturated heterocycles. The quantitative estimate of drug-likeness (QED) is 0.236. The number of benzene rings is 2. The number of hydrogen-bond acceptors (Lipinski definition) is 13. The number of aromatic hydroxyl groups is 2. The number of carbonyl (C=O) groups is 3. The second-order valence-corrected chi connectivity index (χ2v) is 12.1. The van der Waals surface area contributed by atoms with Gasteiger partial charge in [0.05, 0.1) is 36.0 Å². The first-order valence-electron chi connectivity index (χ1n) is 15.1. The van der Waals surface area contributed by atoms with Crippen LogP contribution in [0.25, 0.3) is 0 Å². The minimum atomic E-state index is -2.24. The lowest BCUT2D eigenvalue weighted by atomic mass is 9.72. The first kappa shape index (κ1) is 31.5. The summed E-state index contributed by atoms with van der Waals surface area (Å²) in [5, 5.41) is 44.2. The molecule has 2 aliphatic heterocycles. The lowest BCUT2D eigenvalue weighted by Gasteiger charge is -2.43. The monoisotopic (exact) mass is 627 g/mol. The number of rotatable bonds is 7. The number of ether oxygens (including phenoxy) is 5. The van der Waals surface area contributed by atoms with Crippen molar-refractivity contribution in [1.82, 2.24) is 0 Å². The van der Waals surface area contributed by atoms with Gasteiger partial charge in [0, 0.05) is 48.6 Å². The molecule has 2 aromatic carbocycles. The summed E-state index contributed by atoms with van der Waals surface area (Å²) < 4.78 is 29.5. The van der Waals surface area contributed by atoms with Gasteiger partial charge in [0.1, 0.15) is 35.6 Å². The van der Waals surface area contributed by atoms with E-state index in [1.54, 1.807) is 6.92 Å². The molecule has 242 valence electrons. The number of nitrogens with two attached hydrogens (primary N) is 1. The molecule has 0 spiro atoms. The van der Waals surface area contributed by atoms with E-state index >= 15 is 0 Å². The third-order valence-electron chi connectivity index (χ3n) is 9.22. The number of ketones is 3. The summed E-state index contributed by atoms with van der Waals surface area (Å²) in [5.41, 5.74) is 2.98.